The highest BCUT2D eigenvalue weighted by Gasteiger charge is 2.22. The molecule has 0 bridgehead atoms. The number of ether oxygens (including phenoxy) is 2. The molecule has 0 saturated heterocycles. The van der Waals surface area contributed by atoms with E-state index in [9.17, 15) is 4.79 Å². The first kappa shape index (κ1) is 15.1. The number of rotatable bonds is 6. The zero-order chi connectivity index (χ0) is 15.2. The number of hydrogen-bond acceptors (Lipinski definition) is 5. The van der Waals surface area contributed by atoms with Crippen molar-refractivity contribution >= 4 is 5.97 Å². The Balaban J connectivity index is 2.11. The Morgan fingerprint density at radius 2 is 2.05 bits per heavy atom. The van der Waals surface area contributed by atoms with E-state index in [0.29, 0.717) is 12.4 Å². The number of esters is 1. The molecule has 5 heteroatoms. The fourth-order valence-corrected chi connectivity index (χ4v) is 2.17. The highest BCUT2D eigenvalue weighted by Crippen LogP contribution is 2.24. The molecule has 1 aromatic carbocycles. The summed E-state index contributed by atoms with van der Waals surface area (Å²) in [7, 11) is 1.64. The van der Waals surface area contributed by atoms with E-state index in [4.69, 9.17) is 13.9 Å². The zero-order valence-electron chi connectivity index (χ0n) is 12.5. The number of oxazole rings is 1. The average Bonchev–Trinajstić information content (AvgIpc) is 2.98. The highest BCUT2D eigenvalue weighted by atomic mass is 16.5. The molecule has 0 N–H and O–H groups in total. The van der Waals surface area contributed by atoms with E-state index in [-0.39, 0.29) is 11.6 Å². The van der Waals surface area contributed by atoms with Gasteiger partial charge >= 0.3 is 5.97 Å². The van der Waals surface area contributed by atoms with Crippen LogP contribution in [0.4, 0.5) is 0 Å². The monoisotopic (exact) mass is 289 g/mol. The molecule has 0 amide bonds. The summed E-state index contributed by atoms with van der Waals surface area (Å²) in [6.45, 7) is 4.07. The molecule has 0 unspecified atom stereocenters. The van der Waals surface area contributed by atoms with E-state index in [1.165, 1.54) is 6.39 Å². The van der Waals surface area contributed by atoms with Gasteiger partial charge in [-0.2, -0.15) is 0 Å². The standard InChI is InChI=1S/C16H19NO4/c1-4-20-16(18)14-15(21-10-17-14)11(2)9-12-5-7-13(19-3)8-6-12/h5-8,10-11H,4,9H2,1-3H3/t11-/m0/s1. The lowest BCUT2D eigenvalue weighted by Gasteiger charge is -2.10. The number of carbonyl (C=O) groups excluding carboxylic acids is 1. The Morgan fingerprint density at radius 1 is 1.33 bits per heavy atom. The summed E-state index contributed by atoms with van der Waals surface area (Å²) in [4.78, 5) is 15.8. The van der Waals surface area contributed by atoms with Crippen LogP contribution in [0.25, 0.3) is 0 Å². The minimum Gasteiger partial charge on any atom is -0.497 e. The fraction of sp³-hybridized carbons (Fsp3) is 0.375. The van der Waals surface area contributed by atoms with Crippen molar-refractivity contribution in [3.63, 3.8) is 0 Å². The zero-order valence-corrected chi connectivity index (χ0v) is 12.5. The maximum absolute atomic E-state index is 11.8. The minimum absolute atomic E-state index is 0.0281. The molecule has 0 aliphatic rings. The molecule has 1 heterocycles. The van der Waals surface area contributed by atoms with Gasteiger partial charge < -0.3 is 13.9 Å². The quantitative estimate of drug-likeness (QED) is 0.764. The number of hydrogen-bond donors (Lipinski definition) is 0. The average molecular weight is 289 g/mol. The number of methoxy groups -OCH3 is 1. The molecular formula is C16H19NO4. The van der Waals surface area contributed by atoms with Crippen LogP contribution in [0.5, 0.6) is 5.75 Å². The second kappa shape index (κ2) is 6.92. The Hall–Kier alpha value is -2.30. The second-order valence-corrected chi connectivity index (χ2v) is 4.74. The number of aromatic nitrogens is 1. The van der Waals surface area contributed by atoms with Crippen LogP contribution in [-0.4, -0.2) is 24.7 Å². The Labute approximate surface area is 123 Å². The summed E-state index contributed by atoms with van der Waals surface area (Å²) in [5.74, 6) is 0.964. The number of benzene rings is 1. The van der Waals surface area contributed by atoms with Crippen LogP contribution >= 0.6 is 0 Å². The van der Waals surface area contributed by atoms with E-state index in [2.05, 4.69) is 4.98 Å². The Bertz CT molecular complexity index is 589. The summed E-state index contributed by atoms with van der Waals surface area (Å²) in [6.07, 6.45) is 2.03. The third-order valence-corrected chi connectivity index (χ3v) is 3.21. The van der Waals surface area contributed by atoms with Crippen LogP contribution in [0.1, 0.15) is 41.6 Å². The first-order valence-corrected chi connectivity index (χ1v) is 6.89. The van der Waals surface area contributed by atoms with Crippen LogP contribution < -0.4 is 4.74 Å². The van der Waals surface area contributed by atoms with Crippen molar-refractivity contribution in [3.05, 3.63) is 47.7 Å². The predicted molar refractivity (Wildman–Crippen MR) is 77.6 cm³/mol. The predicted octanol–water partition coefficient (Wildman–Crippen LogP) is 3.21. The van der Waals surface area contributed by atoms with Crippen molar-refractivity contribution in [3.8, 4) is 5.75 Å². The SMILES string of the molecule is CCOC(=O)c1ncoc1[C@@H](C)Cc1ccc(OC)cc1. The Morgan fingerprint density at radius 3 is 2.67 bits per heavy atom. The van der Waals surface area contributed by atoms with Crippen molar-refractivity contribution in [2.24, 2.45) is 0 Å². The van der Waals surface area contributed by atoms with E-state index in [0.717, 1.165) is 17.7 Å². The summed E-state index contributed by atoms with van der Waals surface area (Å²) >= 11 is 0. The van der Waals surface area contributed by atoms with Gasteiger partial charge in [0.1, 0.15) is 11.5 Å². The molecule has 1 aromatic heterocycles. The van der Waals surface area contributed by atoms with Crippen molar-refractivity contribution in [2.45, 2.75) is 26.2 Å². The van der Waals surface area contributed by atoms with Crippen LogP contribution in [0.2, 0.25) is 0 Å². The summed E-state index contributed by atoms with van der Waals surface area (Å²) in [6, 6.07) is 7.81. The number of nitrogens with zero attached hydrogens (tertiary/aromatic N) is 1. The van der Waals surface area contributed by atoms with Gasteiger partial charge in [0.25, 0.3) is 0 Å². The third-order valence-electron chi connectivity index (χ3n) is 3.21. The molecule has 0 spiro atoms. The van der Waals surface area contributed by atoms with Gasteiger partial charge in [-0.1, -0.05) is 19.1 Å². The summed E-state index contributed by atoms with van der Waals surface area (Å²) < 4.78 is 15.5. The van der Waals surface area contributed by atoms with Gasteiger partial charge in [0.05, 0.1) is 13.7 Å². The van der Waals surface area contributed by atoms with Crippen LogP contribution in [0.3, 0.4) is 0 Å². The molecule has 112 valence electrons. The first-order chi connectivity index (χ1) is 10.2. The van der Waals surface area contributed by atoms with Crippen LogP contribution in [-0.2, 0) is 11.2 Å². The van der Waals surface area contributed by atoms with Crippen LogP contribution in [0, 0.1) is 0 Å². The van der Waals surface area contributed by atoms with Crippen molar-refractivity contribution < 1.29 is 18.7 Å². The molecular weight excluding hydrogens is 270 g/mol. The number of carbonyl (C=O) groups is 1. The molecule has 21 heavy (non-hydrogen) atoms. The van der Waals surface area contributed by atoms with Crippen LogP contribution in [0.15, 0.2) is 35.1 Å². The first-order valence-electron chi connectivity index (χ1n) is 6.89. The molecule has 2 rings (SSSR count). The van der Waals surface area contributed by atoms with Gasteiger partial charge in [0.15, 0.2) is 12.1 Å². The maximum Gasteiger partial charge on any atom is 0.360 e. The molecule has 0 aliphatic carbocycles. The van der Waals surface area contributed by atoms with Crippen molar-refractivity contribution in [2.75, 3.05) is 13.7 Å². The maximum atomic E-state index is 11.8. The van der Waals surface area contributed by atoms with Gasteiger partial charge in [-0.3, -0.25) is 0 Å². The summed E-state index contributed by atoms with van der Waals surface area (Å²) in [5, 5.41) is 0. The lowest BCUT2D eigenvalue weighted by Crippen LogP contribution is -2.10. The molecule has 0 fully saturated rings. The third kappa shape index (κ3) is 3.62. The molecule has 5 nitrogen and oxygen atoms in total. The Kier molecular flexibility index (Phi) is 4.98. The molecule has 0 radical (unpaired) electrons. The fourth-order valence-electron chi connectivity index (χ4n) is 2.17. The van der Waals surface area contributed by atoms with Gasteiger partial charge in [-0.25, -0.2) is 9.78 Å². The van der Waals surface area contributed by atoms with Gasteiger partial charge in [-0.15, -0.1) is 0 Å². The van der Waals surface area contributed by atoms with E-state index in [1.807, 2.05) is 31.2 Å². The van der Waals surface area contributed by atoms with Crippen molar-refractivity contribution in [1.29, 1.82) is 0 Å². The topological polar surface area (TPSA) is 61.6 Å². The van der Waals surface area contributed by atoms with Gasteiger partial charge in [-0.05, 0) is 31.0 Å². The minimum atomic E-state index is -0.442. The molecule has 2 aromatic rings. The molecule has 0 aliphatic heterocycles. The molecule has 1 atom stereocenters. The lowest BCUT2D eigenvalue weighted by atomic mass is 9.97. The van der Waals surface area contributed by atoms with Crippen molar-refractivity contribution in [1.82, 2.24) is 4.98 Å². The normalized spacial score (nSPS) is 12.0. The molecule has 0 saturated carbocycles. The summed E-state index contributed by atoms with van der Waals surface area (Å²) in [5.41, 5.74) is 1.40. The smallest absolute Gasteiger partial charge is 0.360 e. The van der Waals surface area contributed by atoms with Gasteiger partial charge in [0, 0.05) is 5.92 Å². The van der Waals surface area contributed by atoms with Gasteiger partial charge in [0.2, 0.25) is 0 Å². The second-order valence-electron chi connectivity index (χ2n) is 4.74. The van der Waals surface area contributed by atoms with E-state index < -0.39 is 5.97 Å². The van der Waals surface area contributed by atoms with E-state index in [1.54, 1.807) is 14.0 Å². The van der Waals surface area contributed by atoms with E-state index >= 15 is 0 Å². The largest absolute Gasteiger partial charge is 0.497 e. The highest BCUT2D eigenvalue weighted by molar-refractivity contribution is 5.88. The lowest BCUT2D eigenvalue weighted by molar-refractivity contribution is 0.0517.